The summed E-state index contributed by atoms with van der Waals surface area (Å²) in [5.74, 6) is -0.496. The van der Waals surface area contributed by atoms with E-state index in [0.717, 1.165) is 33.6 Å². The number of allylic oxidation sites excluding steroid dienone is 14. The van der Waals surface area contributed by atoms with Gasteiger partial charge in [0, 0.05) is 72.2 Å². The Hall–Kier alpha value is -7.29. The van der Waals surface area contributed by atoms with E-state index in [4.69, 9.17) is 10.5 Å². The minimum atomic E-state index is -4.65. The van der Waals surface area contributed by atoms with Crippen LogP contribution >= 0.6 is 0 Å². The minimum absolute atomic E-state index is 0.108. The van der Waals surface area contributed by atoms with Crippen molar-refractivity contribution in [3.63, 3.8) is 0 Å². The van der Waals surface area contributed by atoms with Gasteiger partial charge in [-0.3, -0.25) is 23.0 Å². The Kier molecular flexibility index (Phi) is 21.3. The van der Waals surface area contributed by atoms with Crippen molar-refractivity contribution in [1.82, 2.24) is 15.3 Å². The number of rotatable bonds is 30. The number of H-pyrrole nitrogens is 1. The number of carbonyl (C=O) groups is 1. The highest BCUT2D eigenvalue weighted by Gasteiger charge is 2.48. The Bertz CT molecular complexity index is 4090. The number of ether oxygens (including phenoxy) is 1. The van der Waals surface area contributed by atoms with Gasteiger partial charge in [0.15, 0.2) is 5.71 Å². The lowest BCUT2D eigenvalue weighted by molar-refractivity contribution is -0.438. The number of hydrogen-bond donors (Lipinski definition) is 7. The first kappa shape index (κ1) is 65.7. The van der Waals surface area contributed by atoms with E-state index in [0.29, 0.717) is 123 Å². The number of anilines is 2. The number of aromatic nitrogens is 2. The summed E-state index contributed by atoms with van der Waals surface area (Å²) in [6.07, 6.45) is 29.6. The first-order chi connectivity index (χ1) is 41.2. The predicted molar refractivity (Wildman–Crippen MR) is 338 cm³/mol. The smallest absolute Gasteiger partial charge is 0.294 e. The summed E-state index contributed by atoms with van der Waals surface area (Å²) in [7, 11) is -17.8. The number of aromatic amines is 1. The van der Waals surface area contributed by atoms with Crippen LogP contribution in [0.5, 0.6) is 5.75 Å². The highest BCUT2D eigenvalue weighted by molar-refractivity contribution is 7.86. The molecule has 0 fully saturated rings. The van der Waals surface area contributed by atoms with Crippen LogP contribution in [-0.4, -0.2) is 103 Å². The van der Waals surface area contributed by atoms with E-state index in [9.17, 15) is 56.7 Å². The van der Waals surface area contributed by atoms with Crippen molar-refractivity contribution in [3.8, 4) is 5.75 Å². The third-order valence-corrected chi connectivity index (χ3v) is 19.3. The topological polar surface area (TPSA) is 317 Å². The molecular weight excluding hydrogens is 1190 g/mol. The van der Waals surface area contributed by atoms with Crippen molar-refractivity contribution in [2.45, 2.75) is 125 Å². The molecule has 3 aliphatic rings. The zero-order valence-corrected chi connectivity index (χ0v) is 51.9. The summed E-state index contributed by atoms with van der Waals surface area (Å²) in [6, 6.07) is 20.1. The molecule has 0 spiro atoms. The summed E-state index contributed by atoms with van der Waals surface area (Å²) in [5, 5.41) is 3.00. The number of nitrogens with one attached hydrogen (secondary N) is 2. The van der Waals surface area contributed by atoms with Gasteiger partial charge in [-0.2, -0.15) is 38.2 Å². The molecule has 8 N–H and O–H groups in total. The van der Waals surface area contributed by atoms with Gasteiger partial charge in [-0.15, -0.1) is 0 Å². The first-order valence-electron chi connectivity index (χ1n) is 28.7. The lowest BCUT2D eigenvalue weighted by Gasteiger charge is -2.30. The van der Waals surface area contributed by atoms with Gasteiger partial charge in [0.2, 0.25) is 11.6 Å². The van der Waals surface area contributed by atoms with Gasteiger partial charge >= 0.3 is 0 Å². The normalized spacial score (nSPS) is 19.2. The highest BCUT2D eigenvalue weighted by atomic mass is 32.2. The Morgan fingerprint density at radius 2 is 1.37 bits per heavy atom. The van der Waals surface area contributed by atoms with Gasteiger partial charge in [0.25, 0.3) is 40.5 Å². The number of nitrogens with two attached hydrogens (primary N) is 1. The molecule has 24 heteroatoms. The third-order valence-electron chi connectivity index (χ3n) is 16.0. The van der Waals surface area contributed by atoms with Crippen LogP contribution in [0.3, 0.4) is 0 Å². The maximum Gasteiger partial charge on any atom is 0.294 e. The fourth-order valence-corrected chi connectivity index (χ4v) is 13.7. The Morgan fingerprint density at radius 3 is 2.07 bits per heavy atom. The average Bonchev–Trinajstić information content (AvgIpc) is 1.61. The summed E-state index contributed by atoms with van der Waals surface area (Å²) in [5.41, 5.74) is 13.2. The third kappa shape index (κ3) is 17.5. The largest absolute Gasteiger partial charge is 0.486 e. The van der Waals surface area contributed by atoms with Crippen molar-refractivity contribution in [3.05, 3.63) is 186 Å². The molecule has 4 aromatic carbocycles. The number of benzene rings is 4. The summed E-state index contributed by atoms with van der Waals surface area (Å²) < 4.78 is 145. The quantitative estimate of drug-likeness (QED) is 0.00739. The number of amides is 1. The molecule has 464 valence electrons. The first-order valence-corrected chi connectivity index (χ1v) is 34.8. The van der Waals surface area contributed by atoms with Crippen LogP contribution in [0.25, 0.3) is 11.0 Å². The maximum atomic E-state index is 13.1. The van der Waals surface area contributed by atoms with E-state index in [1.807, 2.05) is 105 Å². The zero-order chi connectivity index (χ0) is 62.6. The second-order valence-corrected chi connectivity index (χ2v) is 28.4. The van der Waals surface area contributed by atoms with Crippen molar-refractivity contribution in [2.24, 2.45) is 0 Å². The number of unbranched alkanes of at least 4 members (excludes halogenated alkanes) is 4. The van der Waals surface area contributed by atoms with Crippen LogP contribution in [0.1, 0.15) is 113 Å². The molecule has 87 heavy (non-hydrogen) atoms. The molecule has 1 aromatic heterocycles. The molecule has 8 rings (SSSR count). The molecule has 0 radical (unpaired) electrons. The monoisotopic (exact) mass is 1270 g/mol. The minimum Gasteiger partial charge on any atom is -0.486 e. The number of carbonyl (C=O) groups excluding carboxylic acids is 1. The molecule has 2 atom stereocenters. The van der Waals surface area contributed by atoms with Gasteiger partial charge in [-0.1, -0.05) is 104 Å². The molecular formula is C63H75N6O14S4+. The van der Waals surface area contributed by atoms with E-state index in [1.54, 1.807) is 36.7 Å². The van der Waals surface area contributed by atoms with Crippen molar-refractivity contribution in [1.29, 1.82) is 0 Å². The number of imidazole rings is 1. The maximum absolute atomic E-state index is 13.1. The Balaban J connectivity index is 1.02. The van der Waals surface area contributed by atoms with Gasteiger partial charge in [0.1, 0.15) is 24.4 Å². The molecule has 1 amide bonds. The van der Waals surface area contributed by atoms with Crippen LogP contribution < -0.4 is 20.7 Å². The van der Waals surface area contributed by atoms with Crippen LogP contribution in [0, 0.1) is 0 Å². The van der Waals surface area contributed by atoms with Gasteiger partial charge in [-0.05, 0) is 124 Å². The second-order valence-electron chi connectivity index (χ2n) is 22.4. The number of nitrogen functional groups attached to an aromatic ring is 1. The molecule has 0 bridgehead atoms. The highest BCUT2D eigenvalue weighted by Crippen LogP contribution is 2.52. The second kappa shape index (κ2) is 28.3. The summed E-state index contributed by atoms with van der Waals surface area (Å²) >= 11 is 0. The molecule has 0 saturated heterocycles. The fourth-order valence-electron chi connectivity index (χ4n) is 11.6. The predicted octanol–water partition coefficient (Wildman–Crippen LogP) is 10.7. The van der Waals surface area contributed by atoms with Crippen molar-refractivity contribution < 1.29 is 66.0 Å². The van der Waals surface area contributed by atoms with E-state index < -0.39 is 62.8 Å². The standard InChI is InChI=1S/C63H74N6O14S4/c1-62(33-13-16-37-84(71,72)73)52-41-50(86(77,78)79)29-31-55(52)68(35-15-7-12-24-60(70)65-43-47-25-27-48(28-26-47)44-83-57-40-49(64)39-54-61(57)67-45-66-54)58(62)22-10-6-11-23-59-63(2,34-14-17-38-85(74,75)76)53-42-51(87(80,81)82)30-32-56(53)69(59)36-18-21-46-19-8-4-3-5-9-20-46/h3-6,8-11,19-20,22-23,25-32,39-42,45H,7,12-18,21,24,33-38,43-44,64H2,1-2H3,(H5-,65,66,67,70,71,72,73,74,75,76,77,78,79,80,81,82)/p+1/b4-3-,5-3?,8-4?,9-5-,19-8?,20-9?,46-19?,46-20?. The lowest BCUT2D eigenvalue weighted by Crippen LogP contribution is -2.31. The Morgan fingerprint density at radius 1 is 0.713 bits per heavy atom. The molecule has 1 aliphatic carbocycles. The van der Waals surface area contributed by atoms with E-state index in [1.165, 1.54) is 24.3 Å². The molecule has 2 unspecified atom stereocenters. The molecule has 3 heterocycles. The van der Waals surface area contributed by atoms with Crippen LogP contribution in [-0.2, 0) is 69.2 Å². The summed E-state index contributed by atoms with van der Waals surface area (Å²) in [6.45, 7) is 5.40. The van der Waals surface area contributed by atoms with E-state index in [2.05, 4.69) is 24.8 Å². The van der Waals surface area contributed by atoms with Gasteiger partial charge in [0.05, 0.1) is 38.6 Å². The zero-order valence-electron chi connectivity index (χ0n) is 48.6. The van der Waals surface area contributed by atoms with Gasteiger partial charge < -0.3 is 25.7 Å². The van der Waals surface area contributed by atoms with Crippen LogP contribution in [0.4, 0.5) is 17.1 Å². The SMILES string of the molecule is CC1(CCCCS(=O)(=O)O)C(/C=C/C=C/C=C2/N(CCCCCC(=O)NCc3ccc(COc4cc(N)cc5[nH]cnc45)cc3)c3ccc(S(=O)(=O)O)cc3C2(C)CCCCS(=O)(=O)O)=[N+](CCCC2=C/C=C\C=C/C=C2)c2ccc(S(=O)(=O)O)cc21. The number of nitrogens with zero attached hydrogens (tertiary/aromatic N) is 3. The average molecular weight is 1270 g/mol. The van der Waals surface area contributed by atoms with Crippen molar-refractivity contribution in [2.75, 3.05) is 35.2 Å². The number of hydrogen-bond acceptors (Lipinski definition) is 13. The summed E-state index contributed by atoms with van der Waals surface area (Å²) in [4.78, 5) is 21.9. The molecule has 5 aromatic rings. The van der Waals surface area contributed by atoms with E-state index >= 15 is 0 Å². The van der Waals surface area contributed by atoms with Crippen molar-refractivity contribution >= 4 is 80.2 Å². The van der Waals surface area contributed by atoms with E-state index in [-0.39, 0.29) is 35.0 Å². The van der Waals surface area contributed by atoms with Gasteiger partial charge in [-0.25, -0.2) is 4.98 Å². The van der Waals surface area contributed by atoms with Crippen LogP contribution in [0.15, 0.2) is 173 Å². The van der Waals surface area contributed by atoms with Crippen LogP contribution in [0.2, 0.25) is 0 Å². The Labute approximate surface area is 509 Å². The molecule has 20 nitrogen and oxygen atoms in total. The fraction of sp³-hybridized carbons (Fsp3) is 0.349. The lowest BCUT2D eigenvalue weighted by atomic mass is 9.75. The molecule has 2 aliphatic heterocycles. The molecule has 0 saturated carbocycles. The number of fused-ring (bicyclic) bond motifs is 3.